The predicted molar refractivity (Wildman–Crippen MR) is 65.6 cm³/mol. The highest BCUT2D eigenvalue weighted by Crippen LogP contribution is 2.31. The fourth-order valence-electron chi connectivity index (χ4n) is 2.06. The SMILES string of the molecule is CNC(=O)CN1CCc2cc(C)c(N)cc21. The van der Waals surface area contributed by atoms with Crippen molar-refractivity contribution >= 4 is 17.3 Å². The van der Waals surface area contributed by atoms with Gasteiger partial charge in [0.2, 0.25) is 5.91 Å². The van der Waals surface area contributed by atoms with Crippen LogP contribution in [0.1, 0.15) is 11.1 Å². The minimum atomic E-state index is 0.0343. The van der Waals surface area contributed by atoms with Crippen LogP contribution in [0, 0.1) is 6.92 Å². The summed E-state index contributed by atoms with van der Waals surface area (Å²) in [5, 5.41) is 2.64. The lowest BCUT2D eigenvalue weighted by atomic mass is 10.1. The molecule has 1 heterocycles. The molecule has 2 rings (SSSR count). The van der Waals surface area contributed by atoms with Crippen molar-refractivity contribution in [2.75, 3.05) is 30.8 Å². The van der Waals surface area contributed by atoms with Gasteiger partial charge in [-0.05, 0) is 30.5 Å². The molecule has 16 heavy (non-hydrogen) atoms. The first-order valence-corrected chi connectivity index (χ1v) is 5.46. The Balaban J connectivity index is 2.25. The Kier molecular flexibility index (Phi) is 2.73. The largest absolute Gasteiger partial charge is 0.398 e. The molecule has 0 spiro atoms. The predicted octanol–water partition coefficient (Wildman–Crippen LogP) is 0.686. The molecule has 0 radical (unpaired) electrons. The molecule has 0 atom stereocenters. The van der Waals surface area contributed by atoms with Crippen molar-refractivity contribution in [1.29, 1.82) is 0 Å². The molecule has 1 amide bonds. The number of hydrogen-bond donors (Lipinski definition) is 2. The normalized spacial score (nSPS) is 13.8. The van der Waals surface area contributed by atoms with Crippen molar-refractivity contribution in [3.8, 4) is 0 Å². The second-order valence-corrected chi connectivity index (χ2v) is 4.18. The molecule has 0 aromatic heterocycles. The van der Waals surface area contributed by atoms with Gasteiger partial charge in [-0.25, -0.2) is 0 Å². The minimum Gasteiger partial charge on any atom is -0.398 e. The number of amides is 1. The maximum Gasteiger partial charge on any atom is 0.239 e. The molecule has 0 saturated heterocycles. The van der Waals surface area contributed by atoms with Crippen LogP contribution in [0.5, 0.6) is 0 Å². The van der Waals surface area contributed by atoms with Crippen LogP contribution < -0.4 is 16.0 Å². The molecule has 0 fully saturated rings. The van der Waals surface area contributed by atoms with E-state index in [4.69, 9.17) is 5.73 Å². The molecular formula is C12H17N3O. The quantitative estimate of drug-likeness (QED) is 0.719. The number of rotatable bonds is 2. The van der Waals surface area contributed by atoms with Crippen LogP contribution in [0.15, 0.2) is 12.1 Å². The smallest absolute Gasteiger partial charge is 0.239 e. The highest BCUT2D eigenvalue weighted by molar-refractivity contribution is 5.82. The highest BCUT2D eigenvalue weighted by atomic mass is 16.1. The lowest BCUT2D eigenvalue weighted by molar-refractivity contribution is -0.119. The Bertz CT molecular complexity index is 429. The number of nitrogens with two attached hydrogens (primary N) is 1. The number of nitrogen functional groups attached to an aromatic ring is 1. The number of fused-ring (bicyclic) bond motifs is 1. The third-order valence-corrected chi connectivity index (χ3v) is 3.07. The third kappa shape index (κ3) is 1.83. The molecule has 0 bridgehead atoms. The summed E-state index contributed by atoms with van der Waals surface area (Å²) in [6.45, 7) is 3.31. The molecule has 0 unspecified atom stereocenters. The van der Waals surface area contributed by atoms with Crippen molar-refractivity contribution in [2.24, 2.45) is 0 Å². The van der Waals surface area contributed by atoms with E-state index < -0.39 is 0 Å². The summed E-state index contributed by atoms with van der Waals surface area (Å²) in [6.07, 6.45) is 0.993. The van der Waals surface area contributed by atoms with Gasteiger partial charge in [0.25, 0.3) is 0 Å². The van der Waals surface area contributed by atoms with E-state index in [2.05, 4.69) is 16.3 Å². The molecule has 1 aromatic rings. The van der Waals surface area contributed by atoms with E-state index in [0.29, 0.717) is 6.54 Å². The molecule has 86 valence electrons. The van der Waals surface area contributed by atoms with Crippen molar-refractivity contribution < 1.29 is 4.79 Å². The van der Waals surface area contributed by atoms with Crippen LogP contribution in [-0.2, 0) is 11.2 Å². The van der Waals surface area contributed by atoms with E-state index in [-0.39, 0.29) is 5.91 Å². The average Bonchev–Trinajstić information content (AvgIpc) is 2.62. The lowest BCUT2D eigenvalue weighted by Gasteiger charge is -2.18. The van der Waals surface area contributed by atoms with Crippen LogP contribution in [0.3, 0.4) is 0 Å². The third-order valence-electron chi connectivity index (χ3n) is 3.07. The summed E-state index contributed by atoms with van der Waals surface area (Å²) >= 11 is 0. The van der Waals surface area contributed by atoms with Crippen molar-refractivity contribution in [3.05, 3.63) is 23.3 Å². The molecule has 1 aliphatic rings. The van der Waals surface area contributed by atoms with Crippen LogP contribution in [-0.4, -0.2) is 26.0 Å². The number of likely N-dealkylation sites (N-methyl/N-ethyl adjacent to an activating group) is 1. The van der Waals surface area contributed by atoms with Gasteiger partial charge in [0.15, 0.2) is 0 Å². The van der Waals surface area contributed by atoms with Gasteiger partial charge in [0.05, 0.1) is 6.54 Å². The van der Waals surface area contributed by atoms with Crippen LogP contribution in [0.25, 0.3) is 0 Å². The van der Waals surface area contributed by atoms with Crippen LogP contribution >= 0.6 is 0 Å². The molecule has 4 nitrogen and oxygen atoms in total. The maximum absolute atomic E-state index is 11.3. The average molecular weight is 219 g/mol. The van der Waals surface area contributed by atoms with Gasteiger partial charge in [-0.2, -0.15) is 0 Å². The molecule has 1 aromatic carbocycles. The summed E-state index contributed by atoms with van der Waals surface area (Å²) in [6, 6.07) is 4.09. The zero-order valence-electron chi connectivity index (χ0n) is 9.71. The summed E-state index contributed by atoms with van der Waals surface area (Å²) in [7, 11) is 1.66. The zero-order valence-corrected chi connectivity index (χ0v) is 9.71. The summed E-state index contributed by atoms with van der Waals surface area (Å²) in [5.41, 5.74) is 10.2. The number of anilines is 2. The lowest BCUT2D eigenvalue weighted by Crippen LogP contribution is -2.34. The number of carbonyl (C=O) groups excluding carboxylic acids is 1. The van der Waals surface area contributed by atoms with E-state index in [1.165, 1.54) is 5.56 Å². The van der Waals surface area contributed by atoms with Crippen LogP contribution in [0.4, 0.5) is 11.4 Å². The number of nitrogens with one attached hydrogen (secondary N) is 1. The van der Waals surface area contributed by atoms with E-state index in [1.54, 1.807) is 7.05 Å². The second kappa shape index (κ2) is 4.04. The maximum atomic E-state index is 11.3. The van der Waals surface area contributed by atoms with Crippen LogP contribution in [0.2, 0.25) is 0 Å². The molecule has 3 N–H and O–H groups in total. The van der Waals surface area contributed by atoms with E-state index >= 15 is 0 Å². The van der Waals surface area contributed by atoms with Gasteiger partial charge in [0.1, 0.15) is 0 Å². The molecule has 0 saturated carbocycles. The Hall–Kier alpha value is -1.71. The molecular weight excluding hydrogens is 202 g/mol. The van der Waals surface area contributed by atoms with Gasteiger partial charge < -0.3 is 16.0 Å². The standard InChI is InChI=1S/C12H17N3O/c1-8-5-9-3-4-15(7-12(16)14-2)11(9)6-10(8)13/h5-6H,3-4,7,13H2,1-2H3,(H,14,16). The topological polar surface area (TPSA) is 58.4 Å². The van der Waals surface area contributed by atoms with E-state index in [9.17, 15) is 4.79 Å². The van der Waals surface area contributed by atoms with Gasteiger partial charge in [-0.3, -0.25) is 4.79 Å². The highest BCUT2D eigenvalue weighted by Gasteiger charge is 2.21. The van der Waals surface area contributed by atoms with Gasteiger partial charge in [-0.15, -0.1) is 0 Å². The minimum absolute atomic E-state index is 0.0343. The first-order chi connectivity index (χ1) is 7.61. The molecule has 1 aliphatic heterocycles. The number of nitrogens with zero attached hydrogens (tertiary/aromatic N) is 1. The van der Waals surface area contributed by atoms with Crippen molar-refractivity contribution in [1.82, 2.24) is 5.32 Å². The van der Waals surface area contributed by atoms with Crippen molar-refractivity contribution in [3.63, 3.8) is 0 Å². The Morgan fingerprint density at radius 2 is 2.31 bits per heavy atom. The number of aryl methyl sites for hydroxylation is 1. The van der Waals surface area contributed by atoms with E-state index in [1.807, 2.05) is 13.0 Å². The summed E-state index contributed by atoms with van der Waals surface area (Å²) in [4.78, 5) is 13.4. The number of carbonyl (C=O) groups is 1. The Labute approximate surface area is 95.4 Å². The molecule has 4 heteroatoms. The van der Waals surface area contributed by atoms with Crippen molar-refractivity contribution in [2.45, 2.75) is 13.3 Å². The fraction of sp³-hybridized carbons (Fsp3) is 0.417. The summed E-state index contributed by atoms with van der Waals surface area (Å²) in [5.74, 6) is 0.0343. The van der Waals surface area contributed by atoms with E-state index in [0.717, 1.165) is 29.9 Å². The zero-order chi connectivity index (χ0) is 11.7. The van der Waals surface area contributed by atoms with Gasteiger partial charge >= 0.3 is 0 Å². The Morgan fingerprint density at radius 1 is 1.56 bits per heavy atom. The Morgan fingerprint density at radius 3 is 3.00 bits per heavy atom. The summed E-state index contributed by atoms with van der Waals surface area (Å²) < 4.78 is 0. The monoisotopic (exact) mass is 219 g/mol. The first kappa shape index (κ1) is 10.8. The fourth-order valence-corrected chi connectivity index (χ4v) is 2.06. The number of benzene rings is 1. The first-order valence-electron chi connectivity index (χ1n) is 5.46. The van der Waals surface area contributed by atoms with Gasteiger partial charge in [-0.1, -0.05) is 6.07 Å². The van der Waals surface area contributed by atoms with Gasteiger partial charge in [0, 0.05) is 25.0 Å². The number of hydrogen-bond acceptors (Lipinski definition) is 3. The second-order valence-electron chi connectivity index (χ2n) is 4.18. The molecule has 0 aliphatic carbocycles.